The van der Waals surface area contributed by atoms with Gasteiger partial charge in [-0.2, -0.15) is 0 Å². The molecule has 3 aromatic rings. The average Bonchev–Trinajstić information content (AvgIpc) is 3.37. The Balaban J connectivity index is 0.00000300. The molecule has 156 valence electrons. The van der Waals surface area contributed by atoms with Gasteiger partial charge < -0.3 is 19.7 Å². The number of aromatic nitrogens is 2. The van der Waals surface area contributed by atoms with Crippen molar-refractivity contribution in [2.45, 2.75) is 46.7 Å². The van der Waals surface area contributed by atoms with Gasteiger partial charge in [0.05, 0.1) is 18.8 Å². The molecule has 3 rings (SSSR count). The van der Waals surface area contributed by atoms with Crippen LogP contribution < -0.4 is 10.6 Å². The van der Waals surface area contributed by atoms with Gasteiger partial charge >= 0.3 is 0 Å². The smallest absolute Gasteiger partial charge is 0.191 e. The maximum Gasteiger partial charge on any atom is 0.191 e. The predicted molar refractivity (Wildman–Crippen MR) is 124 cm³/mol. The summed E-state index contributed by atoms with van der Waals surface area (Å²) in [6, 6.07) is 11.9. The third kappa shape index (κ3) is 6.06. The van der Waals surface area contributed by atoms with Crippen LogP contribution >= 0.6 is 24.0 Å². The van der Waals surface area contributed by atoms with Crippen molar-refractivity contribution in [3.05, 3.63) is 59.1 Å². The fourth-order valence-electron chi connectivity index (χ4n) is 2.92. The largest absolute Gasteiger partial charge is 0.361 e. The molecule has 0 saturated heterocycles. The molecule has 8 heteroatoms. The van der Waals surface area contributed by atoms with Crippen molar-refractivity contribution in [3.8, 4) is 11.3 Å². The van der Waals surface area contributed by atoms with Gasteiger partial charge in [0.15, 0.2) is 11.7 Å². The minimum Gasteiger partial charge on any atom is -0.361 e. The van der Waals surface area contributed by atoms with Crippen LogP contribution in [0.15, 0.2) is 50.4 Å². The van der Waals surface area contributed by atoms with Crippen LogP contribution in [0.2, 0.25) is 0 Å². The van der Waals surface area contributed by atoms with Gasteiger partial charge in [-0.25, -0.2) is 4.99 Å². The highest BCUT2D eigenvalue weighted by Crippen LogP contribution is 2.19. The second-order valence-electron chi connectivity index (χ2n) is 6.34. The van der Waals surface area contributed by atoms with E-state index in [1.165, 1.54) is 0 Å². The number of guanidine groups is 1. The fraction of sp³-hybridized carbons (Fsp3) is 0.381. The monoisotopic (exact) mass is 509 g/mol. The first kappa shape index (κ1) is 22.9. The molecule has 0 atom stereocenters. The second kappa shape index (κ2) is 11.6. The van der Waals surface area contributed by atoms with E-state index in [0.717, 1.165) is 59.4 Å². The quantitative estimate of drug-likeness (QED) is 0.267. The summed E-state index contributed by atoms with van der Waals surface area (Å²) in [6.45, 7) is 7.99. The van der Waals surface area contributed by atoms with Crippen LogP contribution in [0, 0.1) is 0 Å². The summed E-state index contributed by atoms with van der Waals surface area (Å²) >= 11 is 0. The lowest BCUT2D eigenvalue weighted by Gasteiger charge is -2.10. The highest BCUT2D eigenvalue weighted by Gasteiger charge is 2.13. The van der Waals surface area contributed by atoms with E-state index >= 15 is 0 Å². The molecule has 0 saturated carbocycles. The molecule has 0 aliphatic carbocycles. The summed E-state index contributed by atoms with van der Waals surface area (Å²) in [5.74, 6) is 2.38. The van der Waals surface area contributed by atoms with Crippen molar-refractivity contribution in [2.24, 2.45) is 4.99 Å². The molecule has 0 spiro atoms. The normalized spacial score (nSPS) is 11.2. The summed E-state index contributed by atoms with van der Waals surface area (Å²) < 4.78 is 10.9. The van der Waals surface area contributed by atoms with Crippen molar-refractivity contribution < 1.29 is 9.05 Å². The van der Waals surface area contributed by atoms with Crippen LogP contribution in [-0.4, -0.2) is 22.8 Å². The predicted octanol–water partition coefficient (Wildman–Crippen LogP) is 4.33. The number of rotatable bonds is 8. The summed E-state index contributed by atoms with van der Waals surface area (Å²) in [5, 5.41) is 14.9. The van der Waals surface area contributed by atoms with Gasteiger partial charge in [-0.05, 0) is 13.3 Å². The molecular formula is C21H28IN5O2. The van der Waals surface area contributed by atoms with E-state index in [4.69, 9.17) is 9.05 Å². The maximum atomic E-state index is 5.45. The van der Waals surface area contributed by atoms with Crippen molar-refractivity contribution in [3.63, 3.8) is 0 Å². The van der Waals surface area contributed by atoms with E-state index in [9.17, 15) is 0 Å². The van der Waals surface area contributed by atoms with Crippen molar-refractivity contribution >= 4 is 29.9 Å². The third-order valence-corrected chi connectivity index (χ3v) is 4.40. The molecule has 1 aromatic carbocycles. The Kier molecular flexibility index (Phi) is 9.17. The van der Waals surface area contributed by atoms with Crippen LogP contribution in [0.25, 0.3) is 11.3 Å². The summed E-state index contributed by atoms with van der Waals surface area (Å²) in [7, 11) is 0. The van der Waals surface area contributed by atoms with Gasteiger partial charge in [-0.1, -0.05) is 54.5 Å². The van der Waals surface area contributed by atoms with Gasteiger partial charge in [0, 0.05) is 30.2 Å². The lowest BCUT2D eigenvalue weighted by molar-refractivity contribution is 0.380. The van der Waals surface area contributed by atoms with Crippen LogP contribution in [0.5, 0.6) is 0 Å². The number of hydrogen-bond donors (Lipinski definition) is 2. The summed E-state index contributed by atoms with van der Waals surface area (Å²) in [4.78, 5) is 4.69. The highest BCUT2D eigenvalue weighted by atomic mass is 127. The summed E-state index contributed by atoms with van der Waals surface area (Å²) in [6.07, 6.45) is 1.64. The number of nitrogens with one attached hydrogen (secondary N) is 2. The molecule has 0 fully saturated rings. The number of halogens is 1. The SMILES string of the molecule is CCNC(=NCc1c(CC)noc1CC)NCc1cc(-c2ccccc2)on1.I. The number of aryl methyl sites for hydroxylation is 2. The number of benzene rings is 1. The highest BCUT2D eigenvalue weighted by molar-refractivity contribution is 14.0. The van der Waals surface area contributed by atoms with Crippen molar-refractivity contribution in [1.82, 2.24) is 20.9 Å². The zero-order valence-corrected chi connectivity index (χ0v) is 19.4. The Morgan fingerprint density at radius 2 is 1.79 bits per heavy atom. The van der Waals surface area contributed by atoms with Crippen LogP contribution in [-0.2, 0) is 25.9 Å². The van der Waals surface area contributed by atoms with Gasteiger partial charge in [0.25, 0.3) is 0 Å². The first-order valence-electron chi connectivity index (χ1n) is 9.74. The van der Waals surface area contributed by atoms with E-state index in [0.29, 0.717) is 13.1 Å². The van der Waals surface area contributed by atoms with E-state index in [1.54, 1.807) is 0 Å². The Morgan fingerprint density at radius 3 is 2.48 bits per heavy atom. The first-order valence-corrected chi connectivity index (χ1v) is 9.74. The second-order valence-corrected chi connectivity index (χ2v) is 6.34. The number of aliphatic imine (C=N–C) groups is 1. The molecule has 0 radical (unpaired) electrons. The lowest BCUT2D eigenvalue weighted by Crippen LogP contribution is -2.36. The van der Waals surface area contributed by atoms with Crippen molar-refractivity contribution in [1.29, 1.82) is 0 Å². The molecule has 0 aliphatic rings. The fourth-order valence-corrected chi connectivity index (χ4v) is 2.92. The van der Waals surface area contributed by atoms with Gasteiger partial charge in [-0.15, -0.1) is 24.0 Å². The molecule has 2 heterocycles. The van der Waals surface area contributed by atoms with Crippen LogP contribution in [0.4, 0.5) is 0 Å². The van der Waals surface area contributed by atoms with Gasteiger partial charge in [-0.3, -0.25) is 0 Å². The molecule has 0 aliphatic heterocycles. The zero-order valence-electron chi connectivity index (χ0n) is 17.1. The Labute approximate surface area is 188 Å². The topological polar surface area (TPSA) is 88.5 Å². The Morgan fingerprint density at radius 1 is 1.00 bits per heavy atom. The number of nitrogens with zero attached hydrogens (tertiary/aromatic N) is 3. The molecule has 29 heavy (non-hydrogen) atoms. The zero-order chi connectivity index (χ0) is 19.8. The van der Waals surface area contributed by atoms with E-state index < -0.39 is 0 Å². The molecule has 0 bridgehead atoms. The standard InChI is InChI=1S/C21H27N5O2.HI/c1-4-18-17(19(5-2)27-26-18)14-24-21(22-6-3)23-13-16-12-20(28-25-16)15-10-8-7-9-11-15;/h7-12H,4-6,13-14H2,1-3H3,(H2,22,23,24);1H. The number of hydrogen-bond acceptors (Lipinski definition) is 5. The molecule has 7 nitrogen and oxygen atoms in total. The Hall–Kier alpha value is -2.36. The molecule has 0 unspecified atom stereocenters. The molecule has 0 amide bonds. The first-order chi connectivity index (χ1) is 13.7. The lowest BCUT2D eigenvalue weighted by atomic mass is 10.1. The van der Waals surface area contributed by atoms with Crippen molar-refractivity contribution in [2.75, 3.05) is 6.54 Å². The molecular weight excluding hydrogens is 481 g/mol. The van der Waals surface area contributed by atoms with Crippen LogP contribution in [0.1, 0.15) is 43.5 Å². The van der Waals surface area contributed by atoms with Gasteiger partial charge in [0.1, 0.15) is 11.5 Å². The third-order valence-electron chi connectivity index (χ3n) is 4.40. The summed E-state index contributed by atoms with van der Waals surface area (Å²) in [5.41, 5.74) is 3.88. The maximum absolute atomic E-state index is 5.45. The van der Waals surface area contributed by atoms with E-state index in [1.807, 2.05) is 43.3 Å². The van der Waals surface area contributed by atoms with Crippen LogP contribution in [0.3, 0.4) is 0 Å². The minimum atomic E-state index is 0. The molecule has 2 N–H and O–H groups in total. The van der Waals surface area contributed by atoms with E-state index in [2.05, 4.69) is 39.8 Å². The van der Waals surface area contributed by atoms with E-state index in [-0.39, 0.29) is 24.0 Å². The minimum absolute atomic E-state index is 0. The molecule has 2 aromatic heterocycles. The Bertz CT molecular complexity index is 883. The average molecular weight is 509 g/mol. The van der Waals surface area contributed by atoms with Gasteiger partial charge in [0.2, 0.25) is 0 Å².